The lowest BCUT2D eigenvalue weighted by Crippen LogP contribution is -2.45. The number of benzene rings is 1. The molecule has 1 aromatic carbocycles. The number of carbonyl (C=O) groups is 1. The summed E-state index contributed by atoms with van der Waals surface area (Å²) < 4.78 is 11.3. The van der Waals surface area contributed by atoms with Crippen LogP contribution in [0.25, 0.3) is 11.1 Å². The van der Waals surface area contributed by atoms with Crippen LogP contribution in [0.5, 0.6) is 5.75 Å². The minimum Gasteiger partial charge on any atom is -0.476 e. The standard InChI is InChI=1S/C20H21N5O3/c1-20(2)18(26)23-14-10-12(6-7-15(14)28-20)22-19-24-13-8-9-27-16(13)17(25-19)21-11-4-3-5-11/h6-11H,3-5H2,1-2H3,(H,23,26)(H2,21,22,24,25). The number of rotatable bonds is 4. The highest BCUT2D eigenvalue weighted by molar-refractivity contribution is 6.00. The molecular formula is C20H21N5O3. The van der Waals surface area contributed by atoms with Crippen LogP contribution in [0.1, 0.15) is 33.1 Å². The van der Waals surface area contributed by atoms with E-state index in [1.165, 1.54) is 6.42 Å². The molecule has 8 heteroatoms. The molecule has 0 unspecified atom stereocenters. The van der Waals surface area contributed by atoms with E-state index >= 15 is 0 Å². The van der Waals surface area contributed by atoms with Gasteiger partial charge in [-0.05, 0) is 51.3 Å². The number of furan rings is 1. The van der Waals surface area contributed by atoms with Crippen molar-refractivity contribution in [1.82, 2.24) is 9.97 Å². The molecular weight excluding hydrogens is 358 g/mol. The monoisotopic (exact) mass is 379 g/mol. The van der Waals surface area contributed by atoms with Crippen LogP contribution in [0.3, 0.4) is 0 Å². The van der Waals surface area contributed by atoms with Gasteiger partial charge in [0.15, 0.2) is 17.0 Å². The zero-order chi connectivity index (χ0) is 19.3. The molecule has 5 rings (SSSR count). The quantitative estimate of drug-likeness (QED) is 0.629. The lowest BCUT2D eigenvalue weighted by Gasteiger charge is -2.31. The number of aromatic nitrogens is 2. The van der Waals surface area contributed by atoms with Crippen LogP contribution in [0, 0.1) is 0 Å². The molecule has 1 aliphatic carbocycles. The Kier molecular flexibility index (Phi) is 3.68. The van der Waals surface area contributed by atoms with Gasteiger partial charge in [0.1, 0.15) is 11.3 Å². The van der Waals surface area contributed by atoms with Crippen molar-refractivity contribution in [2.45, 2.75) is 44.8 Å². The number of nitrogens with zero attached hydrogens (tertiary/aromatic N) is 2. The minimum atomic E-state index is -0.889. The third kappa shape index (κ3) is 2.90. The zero-order valence-electron chi connectivity index (χ0n) is 15.7. The Morgan fingerprint density at radius 2 is 2.07 bits per heavy atom. The van der Waals surface area contributed by atoms with E-state index in [1.54, 1.807) is 20.1 Å². The molecule has 3 aromatic rings. The van der Waals surface area contributed by atoms with Crippen LogP contribution in [0.15, 0.2) is 34.9 Å². The minimum absolute atomic E-state index is 0.180. The van der Waals surface area contributed by atoms with Gasteiger partial charge in [0.25, 0.3) is 5.91 Å². The van der Waals surface area contributed by atoms with Crippen LogP contribution < -0.4 is 20.7 Å². The van der Waals surface area contributed by atoms with Crippen LogP contribution in [-0.4, -0.2) is 27.5 Å². The summed E-state index contributed by atoms with van der Waals surface area (Å²) in [5.41, 5.74) is 1.87. The highest BCUT2D eigenvalue weighted by Crippen LogP contribution is 2.36. The predicted octanol–water partition coefficient (Wildman–Crippen LogP) is 4.04. The van der Waals surface area contributed by atoms with Crippen molar-refractivity contribution in [2.24, 2.45) is 0 Å². The van der Waals surface area contributed by atoms with Crippen molar-refractivity contribution in [3.63, 3.8) is 0 Å². The van der Waals surface area contributed by atoms with Gasteiger partial charge in [0, 0.05) is 17.8 Å². The molecule has 1 saturated carbocycles. The normalized spacial score (nSPS) is 18.0. The first-order chi connectivity index (χ1) is 13.5. The Bertz CT molecular complexity index is 1070. The summed E-state index contributed by atoms with van der Waals surface area (Å²) in [6.07, 6.45) is 5.11. The average molecular weight is 379 g/mol. The van der Waals surface area contributed by atoms with Gasteiger partial charge in [-0.3, -0.25) is 4.79 Å². The summed E-state index contributed by atoms with van der Waals surface area (Å²) in [5.74, 6) is 1.60. The molecule has 1 amide bonds. The molecule has 8 nitrogen and oxygen atoms in total. The van der Waals surface area contributed by atoms with E-state index in [0.717, 1.165) is 24.0 Å². The molecule has 0 atom stereocenters. The fraction of sp³-hybridized carbons (Fsp3) is 0.350. The van der Waals surface area contributed by atoms with Gasteiger partial charge in [-0.1, -0.05) is 0 Å². The number of carbonyl (C=O) groups excluding carboxylic acids is 1. The summed E-state index contributed by atoms with van der Waals surface area (Å²) in [4.78, 5) is 21.3. The number of hydrogen-bond donors (Lipinski definition) is 3. The number of nitrogens with one attached hydrogen (secondary N) is 3. The number of amides is 1. The third-order valence-electron chi connectivity index (χ3n) is 5.15. The first-order valence-corrected chi connectivity index (χ1v) is 9.41. The Balaban J connectivity index is 1.44. The first kappa shape index (κ1) is 16.9. The van der Waals surface area contributed by atoms with Crippen LogP contribution in [-0.2, 0) is 4.79 Å². The Morgan fingerprint density at radius 1 is 1.21 bits per heavy atom. The maximum atomic E-state index is 12.1. The second kappa shape index (κ2) is 6.12. The fourth-order valence-electron chi connectivity index (χ4n) is 3.28. The first-order valence-electron chi connectivity index (χ1n) is 9.41. The van der Waals surface area contributed by atoms with Gasteiger partial charge in [-0.2, -0.15) is 4.98 Å². The molecule has 1 fully saturated rings. The van der Waals surface area contributed by atoms with Crippen molar-refractivity contribution in [1.29, 1.82) is 0 Å². The molecule has 3 heterocycles. The highest BCUT2D eigenvalue weighted by atomic mass is 16.5. The SMILES string of the molecule is CC1(C)Oc2ccc(Nc3nc(NC4CCC4)c4occc4n3)cc2NC1=O. The second-order valence-electron chi connectivity index (χ2n) is 7.71. The second-order valence-corrected chi connectivity index (χ2v) is 7.71. The lowest BCUT2D eigenvalue weighted by molar-refractivity contribution is -0.129. The van der Waals surface area contributed by atoms with E-state index in [1.807, 2.05) is 24.3 Å². The topological polar surface area (TPSA) is 101 Å². The molecule has 0 saturated heterocycles. The molecule has 2 aromatic heterocycles. The Hall–Kier alpha value is -3.29. The van der Waals surface area contributed by atoms with E-state index < -0.39 is 5.60 Å². The summed E-state index contributed by atoms with van der Waals surface area (Å²) in [6.45, 7) is 3.48. The van der Waals surface area contributed by atoms with Gasteiger partial charge in [-0.25, -0.2) is 4.98 Å². The van der Waals surface area contributed by atoms with Gasteiger partial charge >= 0.3 is 0 Å². The molecule has 1 aliphatic heterocycles. The zero-order valence-corrected chi connectivity index (χ0v) is 15.7. The largest absolute Gasteiger partial charge is 0.476 e. The number of fused-ring (bicyclic) bond motifs is 2. The van der Waals surface area contributed by atoms with Crippen LogP contribution in [0.4, 0.5) is 23.1 Å². The van der Waals surface area contributed by atoms with Crippen molar-refractivity contribution < 1.29 is 13.9 Å². The van der Waals surface area contributed by atoms with Gasteiger partial charge in [0.05, 0.1) is 12.0 Å². The smallest absolute Gasteiger partial charge is 0.268 e. The molecule has 3 N–H and O–H groups in total. The van der Waals surface area contributed by atoms with Gasteiger partial charge < -0.3 is 25.1 Å². The Morgan fingerprint density at radius 3 is 2.86 bits per heavy atom. The van der Waals surface area contributed by atoms with E-state index in [2.05, 4.69) is 25.9 Å². The predicted molar refractivity (Wildman–Crippen MR) is 106 cm³/mol. The summed E-state index contributed by atoms with van der Waals surface area (Å²) >= 11 is 0. The summed E-state index contributed by atoms with van der Waals surface area (Å²) in [6, 6.07) is 7.74. The van der Waals surface area contributed by atoms with Crippen molar-refractivity contribution in [2.75, 3.05) is 16.0 Å². The molecule has 2 aliphatic rings. The molecule has 144 valence electrons. The Labute approximate surface area is 161 Å². The maximum Gasteiger partial charge on any atom is 0.268 e. The van der Waals surface area contributed by atoms with E-state index in [9.17, 15) is 4.79 Å². The van der Waals surface area contributed by atoms with Gasteiger partial charge in [0.2, 0.25) is 5.95 Å². The molecule has 0 bridgehead atoms. The van der Waals surface area contributed by atoms with E-state index in [-0.39, 0.29) is 5.91 Å². The van der Waals surface area contributed by atoms with Crippen LogP contribution >= 0.6 is 0 Å². The van der Waals surface area contributed by atoms with Crippen LogP contribution in [0.2, 0.25) is 0 Å². The third-order valence-corrected chi connectivity index (χ3v) is 5.15. The number of anilines is 4. The van der Waals surface area contributed by atoms with Gasteiger partial charge in [-0.15, -0.1) is 0 Å². The lowest BCUT2D eigenvalue weighted by atomic mass is 9.93. The molecule has 0 radical (unpaired) electrons. The average Bonchev–Trinajstić information content (AvgIpc) is 3.08. The maximum absolute atomic E-state index is 12.1. The summed E-state index contributed by atoms with van der Waals surface area (Å²) in [5, 5.41) is 9.53. The number of hydrogen-bond acceptors (Lipinski definition) is 7. The highest BCUT2D eigenvalue weighted by Gasteiger charge is 2.35. The van der Waals surface area contributed by atoms with Crippen molar-refractivity contribution in [3.05, 3.63) is 30.5 Å². The molecule has 28 heavy (non-hydrogen) atoms. The number of ether oxygens (including phenoxy) is 1. The van der Waals surface area contributed by atoms with Crippen molar-refractivity contribution >= 4 is 40.1 Å². The van der Waals surface area contributed by atoms with Crippen molar-refractivity contribution in [3.8, 4) is 5.75 Å². The van der Waals surface area contributed by atoms with E-state index in [4.69, 9.17) is 9.15 Å². The molecule has 0 spiro atoms. The van der Waals surface area contributed by atoms with E-state index in [0.29, 0.717) is 34.8 Å². The fourth-order valence-corrected chi connectivity index (χ4v) is 3.28. The summed E-state index contributed by atoms with van der Waals surface area (Å²) in [7, 11) is 0.